The largest absolute Gasteiger partial charge is 0.485 e. The number of amides is 1. The Morgan fingerprint density at radius 1 is 1.08 bits per heavy atom. The Bertz CT molecular complexity index is 944. The average Bonchev–Trinajstić information content (AvgIpc) is 2.69. The van der Waals surface area contributed by atoms with Crippen molar-refractivity contribution in [1.29, 1.82) is 0 Å². The monoisotopic (exact) mass is 366 g/mol. The highest BCUT2D eigenvalue weighted by molar-refractivity contribution is 6.33. The average molecular weight is 367 g/mol. The van der Waals surface area contributed by atoms with Crippen LogP contribution < -0.4 is 14.8 Å². The molecule has 26 heavy (non-hydrogen) atoms. The number of carbonyl (C=O) groups is 1. The Kier molecular flexibility index (Phi) is 4.46. The third-order valence-corrected chi connectivity index (χ3v) is 4.34. The maximum absolute atomic E-state index is 12.4. The van der Waals surface area contributed by atoms with Crippen molar-refractivity contribution in [1.82, 2.24) is 4.98 Å². The van der Waals surface area contributed by atoms with E-state index in [1.807, 2.05) is 48.5 Å². The highest BCUT2D eigenvalue weighted by atomic mass is 35.5. The summed E-state index contributed by atoms with van der Waals surface area (Å²) in [5, 5.41) is 3.43. The zero-order valence-electron chi connectivity index (χ0n) is 13.7. The Morgan fingerprint density at radius 3 is 2.62 bits per heavy atom. The third-order valence-electron chi connectivity index (χ3n) is 4.04. The summed E-state index contributed by atoms with van der Waals surface area (Å²) in [6.45, 7) is 0.174. The second-order valence-electron chi connectivity index (χ2n) is 5.79. The molecule has 1 amide bonds. The number of hydrogen-bond donors (Lipinski definition) is 1. The Hall–Kier alpha value is -3.05. The Morgan fingerprint density at radius 2 is 1.85 bits per heavy atom. The van der Waals surface area contributed by atoms with Crippen LogP contribution in [0.2, 0.25) is 5.02 Å². The molecular formula is C20H15ClN2O3. The summed E-state index contributed by atoms with van der Waals surface area (Å²) in [6.07, 6.45) is 2.60. The number of hydrogen-bond acceptors (Lipinski definition) is 4. The second kappa shape index (κ2) is 7.06. The maximum atomic E-state index is 12.4. The van der Waals surface area contributed by atoms with Gasteiger partial charge in [-0.05, 0) is 35.9 Å². The molecule has 6 heteroatoms. The van der Waals surface area contributed by atoms with Crippen molar-refractivity contribution < 1.29 is 14.3 Å². The molecule has 3 aromatic rings. The van der Waals surface area contributed by atoms with Gasteiger partial charge in [0.2, 0.25) is 6.10 Å². The molecule has 1 atom stereocenters. The number of nitrogens with zero attached hydrogens (tertiary/aromatic N) is 1. The standard InChI is InChI=1S/C20H15ClN2O3/c21-16-11-22-10-9-15(16)13-5-7-14(8-6-13)23-20(24)19-12-25-17-3-1-2-4-18(17)26-19/h1-11,19H,12H2,(H,23,24). The SMILES string of the molecule is O=C(Nc1ccc(-c2ccncc2Cl)cc1)C1COc2ccccc2O1. The lowest BCUT2D eigenvalue weighted by Gasteiger charge is -2.25. The van der Waals surface area contributed by atoms with Crippen molar-refractivity contribution >= 4 is 23.2 Å². The summed E-state index contributed by atoms with van der Waals surface area (Å²) in [4.78, 5) is 16.4. The zero-order chi connectivity index (χ0) is 17.9. The van der Waals surface area contributed by atoms with Gasteiger partial charge < -0.3 is 14.8 Å². The number of aromatic nitrogens is 1. The topological polar surface area (TPSA) is 60.5 Å². The number of nitrogens with one attached hydrogen (secondary N) is 1. The van der Waals surface area contributed by atoms with Crippen molar-refractivity contribution in [3.63, 3.8) is 0 Å². The van der Waals surface area contributed by atoms with Crippen molar-refractivity contribution in [2.24, 2.45) is 0 Å². The number of carbonyl (C=O) groups excluding carboxylic acids is 1. The fourth-order valence-electron chi connectivity index (χ4n) is 2.71. The van der Waals surface area contributed by atoms with Gasteiger partial charge in [0, 0.05) is 23.6 Å². The minimum absolute atomic E-state index is 0.174. The van der Waals surface area contributed by atoms with E-state index in [2.05, 4.69) is 10.3 Å². The van der Waals surface area contributed by atoms with Crippen LogP contribution in [0.4, 0.5) is 5.69 Å². The van der Waals surface area contributed by atoms with E-state index in [1.165, 1.54) is 0 Å². The lowest BCUT2D eigenvalue weighted by molar-refractivity contribution is -0.125. The number of benzene rings is 2. The van der Waals surface area contributed by atoms with Gasteiger partial charge >= 0.3 is 0 Å². The van der Waals surface area contributed by atoms with Crippen LogP contribution in [0, 0.1) is 0 Å². The number of pyridine rings is 1. The fraction of sp³-hybridized carbons (Fsp3) is 0.100. The molecule has 0 bridgehead atoms. The molecule has 1 aliphatic rings. The van der Waals surface area contributed by atoms with Gasteiger partial charge in [-0.3, -0.25) is 9.78 Å². The van der Waals surface area contributed by atoms with Crippen molar-refractivity contribution in [3.8, 4) is 22.6 Å². The molecule has 130 valence electrons. The van der Waals surface area contributed by atoms with Gasteiger partial charge in [-0.15, -0.1) is 0 Å². The number of fused-ring (bicyclic) bond motifs is 1. The Balaban J connectivity index is 1.45. The van der Waals surface area contributed by atoms with Crippen LogP contribution in [0.25, 0.3) is 11.1 Å². The predicted molar refractivity (Wildman–Crippen MR) is 99.7 cm³/mol. The minimum Gasteiger partial charge on any atom is -0.485 e. The number of ether oxygens (including phenoxy) is 2. The summed E-state index contributed by atoms with van der Waals surface area (Å²) in [7, 11) is 0. The second-order valence-corrected chi connectivity index (χ2v) is 6.19. The van der Waals surface area contributed by atoms with Gasteiger partial charge in [-0.2, -0.15) is 0 Å². The van der Waals surface area contributed by atoms with Gasteiger partial charge in [-0.1, -0.05) is 35.9 Å². The van der Waals surface area contributed by atoms with Gasteiger partial charge in [0.1, 0.15) is 6.61 Å². The molecule has 1 aromatic heterocycles. The van der Waals surface area contributed by atoms with Crippen LogP contribution in [0.1, 0.15) is 0 Å². The van der Waals surface area contributed by atoms with E-state index in [-0.39, 0.29) is 12.5 Å². The number of halogens is 1. The summed E-state index contributed by atoms with van der Waals surface area (Å²) >= 11 is 6.16. The third kappa shape index (κ3) is 3.34. The molecule has 2 aromatic carbocycles. The van der Waals surface area contributed by atoms with Crippen LogP contribution in [0.15, 0.2) is 67.0 Å². The van der Waals surface area contributed by atoms with Crippen LogP contribution >= 0.6 is 11.6 Å². The van der Waals surface area contributed by atoms with E-state index in [1.54, 1.807) is 18.5 Å². The lowest BCUT2D eigenvalue weighted by atomic mass is 10.1. The Labute approximate surface area is 155 Å². The first-order valence-electron chi connectivity index (χ1n) is 8.10. The van der Waals surface area contributed by atoms with Crippen LogP contribution in [-0.4, -0.2) is 23.6 Å². The van der Waals surface area contributed by atoms with E-state index >= 15 is 0 Å². The summed E-state index contributed by atoms with van der Waals surface area (Å²) in [5.41, 5.74) is 2.51. The molecule has 0 saturated heterocycles. The first-order valence-corrected chi connectivity index (χ1v) is 8.48. The molecule has 1 aliphatic heterocycles. The molecule has 1 unspecified atom stereocenters. The van der Waals surface area contributed by atoms with Crippen LogP contribution in [-0.2, 0) is 4.79 Å². The van der Waals surface area contributed by atoms with Crippen LogP contribution in [0.3, 0.4) is 0 Å². The molecule has 0 fully saturated rings. The molecule has 0 radical (unpaired) electrons. The van der Waals surface area contributed by atoms with E-state index in [9.17, 15) is 4.79 Å². The molecule has 0 aliphatic carbocycles. The molecule has 0 spiro atoms. The predicted octanol–water partition coefficient (Wildman–Crippen LogP) is 4.18. The summed E-state index contributed by atoms with van der Waals surface area (Å²) < 4.78 is 11.3. The smallest absolute Gasteiger partial charge is 0.269 e. The summed E-state index contributed by atoms with van der Waals surface area (Å²) in [5.74, 6) is 0.964. The molecular weight excluding hydrogens is 352 g/mol. The molecule has 4 rings (SSSR count). The maximum Gasteiger partial charge on any atom is 0.269 e. The minimum atomic E-state index is -0.695. The number of para-hydroxylation sites is 2. The van der Waals surface area contributed by atoms with Gasteiger partial charge in [0.05, 0.1) is 5.02 Å². The van der Waals surface area contributed by atoms with E-state index in [4.69, 9.17) is 21.1 Å². The number of rotatable bonds is 3. The van der Waals surface area contributed by atoms with Crippen molar-refractivity contribution in [3.05, 3.63) is 72.0 Å². The van der Waals surface area contributed by atoms with Gasteiger partial charge in [0.25, 0.3) is 5.91 Å². The fourth-order valence-corrected chi connectivity index (χ4v) is 2.94. The molecule has 2 heterocycles. The van der Waals surface area contributed by atoms with Gasteiger partial charge in [0.15, 0.2) is 11.5 Å². The summed E-state index contributed by atoms with van der Waals surface area (Å²) in [6, 6.07) is 16.6. The highest BCUT2D eigenvalue weighted by Gasteiger charge is 2.27. The van der Waals surface area contributed by atoms with E-state index in [0.29, 0.717) is 22.2 Å². The van der Waals surface area contributed by atoms with Crippen molar-refractivity contribution in [2.75, 3.05) is 11.9 Å². The zero-order valence-corrected chi connectivity index (χ0v) is 14.4. The molecule has 5 nitrogen and oxygen atoms in total. The normalized spacial score (nSPS) is 15.3. The van der Waals surface area contributed by atoms with E-state index < -0.39 is 6.10 Å². The molecule has 1 N–H and O–H groups in total. The first kappa shape index (κ1) is 16.4. The quantitative estimate of drug-likeness (QED) is 0.755. The highest BCUT2D eigenvalue weighted by Crippen LogP contribution is 2.31. The van der Waals surface area contributed by atoms with Crippen LogP contribution in [0.5, 0.6) is 11.5 Å². The molecule has 0 saturated carbocycles. The van der Waals surface area contributed by atoms with Crippen molar-refractivity contribution in [2.45, 2.75) is 6.10 Å². The number of anilines is 1. The van der Waals surface area contributed by atoms with E-state index in [0.717, 1.165) is 11.1 Å². The lowest BCUT2D eigenvalue weighted by Crippen LogP contribution is -2.40. The van der Waals surface area contributed by atoms with Gasteiger partial charge in [-0.25, -0.2) is 0 Å². The first-order chi connectivity index (χ1) is 12.7.